The van der Waals surface area contributed by atoms with Crippen LogP contribution >= 0.6 is 0 Å². The van der Waals surface area contributed by atoms with Crippen molar-refractivity contribution in [1.82, 2.24) is 20.5 Å². The molecule has 2 heterocycles. The van der Waals surface area contributed by atoms with E-state index in [1.165, 1.54) is 0 Å². The Kier molecular flexibility index (Phi) is 7.62. The monoisotopic (exact) mass is 321 g/mol. The number of ether oxygens (including phenoxy) is 2. The third kappa shape index (κ3) is 6.03. The molecule has 0 atom stereocenters. The van der Waals surface area contributed by atoms with E-state index < -0.39 is 0 Å². The average molecular weight is 321 g/mol. The predicted octanol–water partition coefficient (Wildman–Crippen LogP) is 0.478. The molecule has 1 saturated heterocycles. The van der Waals surface area contributed by atoms with E-state index in [1.54, 1.807) is 13.3 Å². The fourth-order valence-electron chi connectivity index (χ4n) is 2.39. The van der Waals surface area contributed by atoms with Gasteiger partial charge in [-0.3, -0.25) is 4.90 Å². The number of nitrogens with zero attached hydrogens (tertiary/aromatic N) is 3. The quantitative estimate of drug-likeness (QED) is 0.562. The van der Waals surface area contributed by atoms with Gasteiger partial charge >= 0.3 is 0 Å². The molecule has 1 aromatic heterocycles. The Bertz CT molecular complexity index is 489. The van der Waals surface area contributed by atoms with Crippen LogP contribution in [0.1, 0.15) is 12.5 Å². The maximum Gasteiger partial charge on any atom is 0.218 e. The second kappa shape index (κ2) is 10.0. The standard InChI is InChI=1S/C16H27N5O2/c1-3-17-16(19-7-8-21-9-11-23-12-10-21)20-13-14-5-4-6-18-15(14)22-2/h4-6H,3,7-13H2,1-2H3,(H2,17,19,20). The van der Waals surface area contributed by atoms with Crippen LogP contribution in [0.25, 0.3) is 0 Å². The molecule has 7 nitrogen and oxygen atoms in total. The van der Waals surface area contributed by atoms with E-state index in [4.69, 9.17) is 9.47 Å². The SMILES string of the molecule is CCNC(=NCc1cccnc1OC)NCCN1CCOCC1. The summed E-state index contributed by atoms with van der Waals surface area (Å²) < 4.78 is 10.6. The largest absolute Gasteiger partial charge is 0.481 e. The highest BCUT2D eigenvalue weighted by Gasteiger charge is 2.09. The first-order valence-electron chi connectivity index (χ1n) is 8.13. The first-order valence-corrected chi connectivity index (χ1v) is 8.13. The lowest BCUT2D eigenvalue weighted by Crippen LogP contribution is -2.44. The molecule has 0 radical (unpaired) electrons. The zero-order valence-electron chi connectivity index (χ0n) is 14.0. The van der Waals surface area contributed by atoms with Crippen molar-refractivity contribution < 1.29 is 9.47 Å². The number of nitrogens with one attached hydrogen (secondary N) is 2. The Labute approximate surface area is 138 Å². The van der Waals surface area contributed by atoms with E-state index in [2.05, 4.69) is 32.4 Å². The summed E-state index contributed by atoms with van der Waals surface area (Å²) in [6.45, 7) is 8.93. The van der Waals surface area contributed by atoms with E-state index in [0.717, 1.165) is 57.5 Å². The van der Waals surface area contributed by atoms with Crippen LogP contribution in [-0.2, 0) is 11.3 Å². The van der Waals surface area contributed by atoms with Gasteiger partial charge in [-0.2, -0.15) is 0 Å². The van der Waals surface area contributed by atoms with Crippen LogP contribution in [-0.4, -0.2) is 68.9 Å². The van der Waals surface area contributed by atoms with Gasteiger partial charge < -0.3 is 20.1 Å². The molecule has 0 bridgehead atoms. The first kappa shape index (κ1) is 17.5. The number of hydrogen-bond donors (Lipinski definition) is 2. The summed E-state index contributed by atoms with van der Waals surface area (Å²) in [5.41, 5.74) is 0.973. The van der Waals surface area contributed by atoms with Crippen LogP contribution in [0.15, 0.2) is 23.3 Å². The molecule has 1 fully saturated rings. The Balaban J connectivity index is 1.84. The van der Waals surface area contributed by atoms with Crippen molar-refractivity contribution in [2.75, 3.05) is 53.0 Å². The predicted molar refractivity (Wildman–Crippen MR) is 90.9 cm³/mol. The summed E-state index contributed by atoms with van der Waals surface area (Å²) in [5, 5.41) is 6.63. The molecule has 0 aliphatic carbocycles. The Morgan fingerprint density at radius 3 is 2.96 bits per heavy atom. The molecule has 1 aromatic rings. The van der Waals surface area contributed by atoms with Gasteiger partial charge in [-0.25, -0.2) is 9.98 Å². The summed E-state index contributed by atoms with van der Waals surface area (Å²) in [5.74, 6) is 1.44. The molecule has 128 valence electrons. The van der Waals surface area contributed by atoms with Gasteiger partial charge in [0.15, 0.2) is 5.96 Å². The minimum Gasteiger partial charge on any atom is -0.481 e. The van der Waals surface area contributed by atoms with Crippen LogP contribution in [0.5, 0.6) is 5.88 Å². The van der Waals surface area contributed by atoms with Crippen molar-refractivity contribution in [1.29, 1.82) is 0 Å². The Morgan fingerprint density at radius 2 is 2.22 bits per heavy atom. The van der Waals surface area contributed by atoms with Crippen LogP contribution in [0, 0.1) is 0 Å². The smallest absolute Gasteiger partial charge is 0.218 e. The molecule has 7 heteroatoms. The van der Waals surface area contributed by atoms with Crippen LogP contribution in [0.4, 0.5) is 0 Å². The van der Waals surface area contributed by atoms with Gasteiger partial charge in [0.2, 0.25) is 5.88 Å². The van der Waals surface area contributed by atoms with E-state index >= 15 is 0 Å². The molecule has 23 heavy (non-hydrogen) atoms. The van der Waals surface area contributed by atoms with E-state index in [1.807, 2.05) is 12.1 Å². The lowest BCUT2D eigenvalue weighted by atomic mass is 10.3. The summed E-state index contributed by atoms with van der Waals surface area (Å²) in [6, 6.07) is 3.87. The molecule has 1 aliphatic heterocycles. The third-order valence-electron chi connectivity index (χ3n) is 3.62. The van der Waals surface area contributed by atoms with Crippen LogP contribution in [0.2, 0.25) is 0 Å². The van der Waals surface area contributed by atoms with Crippen LogP contribution in [0.3, 0.4) is 0 Å². The average Bonchev–Trinajstić information content (AvgIpc) is 2.61. The highest BCUT2D eigenvalue weighted by Crippen LogP contribution is 2.14. The minimum absolute atomic E-state index is 0.532. The fourth-order valence-corrected chi connectivity index (χ4v) is 2.39. The van der Waals surface area contributed by atoms with Crippen LogP contribution < -0.4 is 15.4 Å². The van der Waals surface area contributed by atoms with Crippen molar-refractivity contribution >= 4 is 5.96 Å². The maximum atomic E-state index is 5.36. The summed E-state index contributed by atoms with van der Waals surface area (Å²) in [6.07, 6.45) is 1.72. The van der Waals surface area contributed by atoms with Crippen molar-refractivity contribution in [2.45, 2.75) is 13.5 Å². The molecular weight excluding hydrogens is 294 g/mol. The van der Waals surface area contributed by atoms with Crippen molar-refractivity contribution in [3.8, 4) is 5.88 Å². The highest BCUT2D eigenvalue weighted by atomic mass is 16.5. The molecule has 2 rings (SSSR count). The molecule has 0 spiro atoms. The van der Waals surface area contributed by atoms with Gasteiger partial charge in [0.1, 0.15) is 0 Å². The number of methoxy groups -OCH3 is 1. The van der Waals surface area contributed by atoms with Crippen molar-refractivity contribution in [2.24, 2.45) is 4.99 Å². The van der Waals surface area contributed by atoms with E-state index in [0.29, 0.717) is 12.4 Å². The van der Waals surface area contributed by atoms with Gasteiger partial charge in [0, 0.05) is 44.5 Å². The lowest BCUT2D eigenvalue weighted by Gasteiger charge is -2.26. The molecule has 0 saturated carbocycles. The summed E-state index contributed by atoms with van der Waals surface area (Å²) in [7, 11) is 1.63. The zero-order chi connectivity index (χ0) is 16.3. The van der Waals surface area contributed by atoms with Crippen molar-refractivity contribution in [3.63, 3.8) is 0 Å². The number of aliphatic imine (C=N–C) groups is 1. The number of rotatable bonds is 7. The summed E-state index contributed by atoms with van der Waals surface area (Å²) >= 11 is 0. The molecule has 0 amide bonds. The number of pyridine rings is 1. The number of guanidine groups is 1. The Morgan fingerprint density at radius 1 is 1.39 bits per heavy atom. The highest BCUT2D eigenvalue weighted by molar-refractivity contribution is 5.79. The van der Waals surface area contributed by atoms with Gasteiger partial charge in [-0.15, -0.1) is 0 Å². The normalized spacial score (nSPS) is 16.2. The second-order valence-electron chi connectivity index (χ2n) is 5.25. The number of morpholine rings is 1. The third-order valence-corrected chi connectivity index (χ3v) is 3.62. The molecule has 0 unspecified atom stereocenters. The minimum atomic E-state index is 0.532. The Hall–Kier alpha value is -1.86. The fraction of sp³-hybridized carbons (Fsp3) is 0.625. The lowest BCUT2D eigenvalue weighted by molar-refractivity contribution is 0.0389. The molecule has 1 aliphatic rings. The zero-order valence-corrected chi connectivity index (χ0v) is 14.0. The van der Waals surface area contributed by atoms with E-state index in [-0.39, 0.29) is 0 Å². The van der Waals surface area contributed by atoms with Crippen molar-refractivity contribution in [3.05, 3.63) is 23.9 Å². The van der Waals surface area contributed by atoms with Gasteiger partial charge in [-0.05, 0) is 13.0 Å². The maximum absolute atomic E-state index is 5.36. The topological polar surface area (TPSA) is 71.0 Å². The summed E-state index contributed by atoms with van der Waals surface area (Å²) in [4.78, 5) is 11.2. The first-order chi connectivity index (χ1) is 11.3. The van der Waals surface area contributed by atoms with Gasteiger partial charge in [0.25, 0.3) is 0 Å². The number of aromatic nitrogens is 1. The number of hydrogen-bond acceptors (Lipinski definition) is 5. The second-order valence-corrected chi connectivity index (χ2v) is 5.25. The molecule has 2 N–H and O–H groups in total. The molecular formula is C16H27N5O2. The van der Waals surface area contributed by atoms with E-state index in [9.17, 15) is 0 Å². The van der Waals surface area contributed by atoms with Gasteiger partial charge in [-0.1, -0.05) is 6.07 Å². The van der Waals surface area contributed by atoms with Gasteiger partial charge in [0.05, 0.1) is 26.9 Å². The molecule has 0 aromatic carbocycles.